The van der Waals surface area contributed by atoms with Crippen molar-refractivity contribution in [2.45, 2.75) is 18.9 Å². The number of rotatable bonds is 1. The third-order valence-corrected chi connectivity index (χ3v) is 2.86. The van der Waals surface area contributed by atoms with Crippen LogP contribution in [-0.4, -0.2) is 4.57 Å². The monoisotopic (exact) mass is 191 g/mol. The highest BCUT2D eigenvalue weighted by atomic mass is 35.5. The first-order valence-electron chi connectivity index (χ1n) is 4.61. The maximum Gasteiger partial charge on any atom is 0.0483 e. The molecule has 1 heterocycles. The first-order valence-corrected chi connectivity index (χ1v) is 4.98. The predicted octanol–water partition coefficient (Wildman–Crippen LogP) is 3.63. The Kier molecular flexibility index (Phi) is 1.44. The number of halogens is 1. The van der Waals surface area contributed by atoms with E-state index in [0.717, 1.165) is 11.1 Å². The summed E-state index contributed by atoms with van der Waals surface area (Å²) in [7, 11) is 0. The van der Waals surface area contributed by atoms with Crippen LogP contribution >= 0.6 is 11.6 Å². The maximum atomic E-state index is 5.91. The van der Waals surface area contributed by atoms with E-state index in [0.29, 0.717) is 0 Å². The molecule has 1 aliphatic carbocycles. The first-order chi connectivity index (χ1) is 6.34. The van der Waals surface area contributed by atoms with Crippen LogP contribution in [0.4, 0.5) is 0 Å². The van der Waals surface area contributed by atoms with Crippen LogP contribution in [0.2, 0.25) is 5.02 Å². The molecular formula is C11H10ClN. The second-order valence-corrected chi connectivity index (χ2v) is 4.09. The van der Waals surface area contributed by atoms with Gasteiger partial charge < -0.3 is 4.57 Å². The Balaban J connectivity index is 2.26. The zero-order valence-electron chi connectivity index (χ0n) is 7.20. The van der Waals surface area contributed by atoms with Crippen LogP contribution < -0.4 is 0 Å². The first kappa shape index (κ1) is 7.45. The lowest BCUT2D eigenvalue weighted by molar-refractivity contribution is 0.776. The molecule has 1 fully saturated rings. The van der Waals surface area contributed by atoms with Gasteiger partial charge in [0.15, 0.2) is 0 Å². The standard InChI is InChI=1S/C11H10ClN/c12-9-1-4-11-8(7-9)5-6-13(11)10-2-3-10/h1,4-7,10H,2-3H2. The molecule has 0 unspecified atom stereocenters. The molecule has 0 aliphatic heterocycles. The number of hydrogen-bond acceptors (Lipinski definition) is 0. The molecule has 0 atom stereocenters. The van der Waals surface area contributed by atoms with Crippen molar-refractivity contribution in [2.75, 3.05) is 0 Å². The Labute approximate surface area is 81.9 Å². The molecule has 2 heteroatoms. The van der Waals surface area contributed by atoms with Crippen LogP contribution in [0.5, 0.6) is 0 Å². The zero-order valence-corrected chi connectivity index (χ0v) is 7.96. The van der Waals surface area contributed by atoms with Gasteiger partial charge in [-0.2, -0.15) is 0 Å². The van der Waals surface area contributed by atoms with Crippen molar-refractivity contribution in [1.29, 1.82) is 0 Å². The van der Waals surface area contributed by atoms with Crippen molar-refractivity contribution in [3.05, 3.63) is 35.5 Å². The highest BCUT2D eigenvalue weighted by Crippen LogP contribution is 2.37. The summed E-state index contributed by atoms with van der Waals surface area (Å²) < 4.78 is 2.35. The van der Waals surface area contributed by atoms with Crippen molar-refractivity contribution in [2.24, 2.45) is 0 Å². The van der Waals surface area contributed by atoms with Crippen LogP contribution in [0, 0.1) is 0 Å². The minimum absolute atomic E-state index is 0.749. The summed E-state index contributed by atoms with van der Waals surface area (Å²) in [6, 6.07) is 8.98. The summed E-state index contributed by atoms with van der Waals surface area (Å²) in [5, 5.41) is 2.07. The number of benzene rings is 1. The van der Waals surface area contributed by atoms with Crippen molar-refractivity contribution in [1.82, 2.24) is 4.57 Å². The molecule has 66 valence electrons. The number of nitrogens with zero attached hydrogens (tertiary/aromatic N) is 1. The lowest BCUT2D eigenvalue weighted by Gasteiger charge is -2.01. The normalized spacial score (nSPS) is 16.7. The van der Waals surface area contributed by atoms with Crippen LogP contribution in [0.15, 0.2) is 30.5 Å². The summed E-state index contributed by atoms with van der Waals surface area (Å²) in [5.41, 5.74) is 1.31. The van der Waals surface area contributed by atoms with E-state index >= 15 is 0 Å². The molecule has 0 radical (unpaired) electrons. The molecule has 0 bridgehead atoms. The molecular weight excluding hydrogens is 182 g/mol. The van der Waals surface area contributed by atoms with Gasteiger partial charge in [0.2, 0.25) is 0 Å². The van der Waals surface area contributed by atoms with Gasteiger partial charge in [-0.1, -0.05) is 11.6 Å². The highest BCUT2D eigenvalue weighted by Gasteiger charge is 2.23. The molecule has 3 rings (SSSR count). The predicted molar refractivity (Wildman–Crippen MR) is 55.2 cm³/mol. The zero-order chi connectivity index (χ0) is 8.84. The number of fused-ring (bicyclic) bond motifs is 1. The average Bonchev–Trinajstić information content (AvgIpc) is 2.87. The maximum absolute atomic E-state index is 5.91. The molecule has 1 aromatic heterocycles. The van der Waals surface area contributed by atoms with Gasteiger partial charge in [0.05, 0.1) is 0 Å². The molecule has 1 aromatic carbocycles. The van der Waals surface area contributed by atoms with E-state index in [9.17, 15) is 0 Å². The molecule has 1 aliphatic rings. The van der Waals surface area contributed by atoms with Gasteiger partial charge in [-0.25, -0.2) is 0 Å². The van der Waals surface area contributed by atoms with E-state index in [1.54, 1.807) is 0 Å². The SMILES string of the molecule is Clc1ccc2c(ccn2C2CC2)c1. The average molecular weight is 192 g/mol. The van der Waals surface area contributed by atoms with Gasteiger partial charge >= 0.3 is 0 Å². The van der Waals surface area contributed by atoms with Gasteiger partial charge in [0.1, 0.15) is 0 Å². The minimum Gasteiger partial charge on any atom is -0.344 e. The van der Waals surface area contributed by atoms with E-state index in [-0.39, 0.29) is 0 Å². The summed E-state index contributed by atoms with van der Waals surface area (Å²) in [4.78, 5) is 0. The number of hydrogen-bond donors (Lipinski definition) is 0. The molecule has 0 amide bonds. The van der Waals surface area contributed by atoms with Gasteiger partial charge in [0.25, 0.3) is 0 Å². The summed E-state index contributed by atoms with van der Waals surface area (Å²) in [6.07, 6.45) is 4.82. The Bertz CT molecular complexity index is 454. The van der Waals surface area contributed by atoms with Crippen molar-refractivity contribution in [3.8, 4) is 0 Å². The molecule has 1 nitrogen and oxygen atoms in total. The largest absolute Gasteiger partial charge is 0.344 e. The second kappa shape index (κ2) is 2.52. The van der Waals surface area contributed by atoms with E-state index in [4.69, 9.17) is 11.6 Å². The summed E-state index contributed by atoms with van der Waals surface area (Å²) in [6.45, 7) is 0. The molecule has 0 spiro atoms. The van der Waals surface area contributed by atoms with E-state index in [2.05, 4.69) is 22.9 Å². The Morgan fingerprint density at radius 3 is 2.85 bits per heavy atom. The van der Waals surface area contributed by atoms with Gasteiger partial charge in [-0.15, -0.1) is 0 Å². The van der Waals surface area contributed by atoms with Crippen LogP contribution in [-0.2, 0) is 0 Å². The van der Waals surface area contributed by atoms with E-state index in [1.807, 2.05) is 12.1 Å². The fraction of sp³-hybridized carbons (Fsp3) is 0.273. The Hall–Kier alpha value is -0.950. The van der Waals surface area contributed by atoms with E-state index in [1.165, 1.54) is 23.7 Å². The Morgan fingerprint density at radius 1 is 1.23 bits per heavy atom. The molecule has 2 aromatic rings. The highest BCUT2D eigenvalue weighted by molar-refractivity contribution is 6.31. The van der Waals surface area contributed by atoms with Gasteiger partial charge in [-0.3, -0.25) is 0 Å². The molecule has 0 N–H and O–H groups in total. The van der Waals surface area contributed by atoms with Gasteiger partial charge in [-0.05, 0) is 37.1 Å². The fourth-order valence-electron chi connectivity index (χ4n) is 1.81. The number of aromatic nitrogens is 1. The molecule has 0 saturated heterocycles. The molecule has 13 heavy (non-hydrogen) atoms. The quantitative estimate of drug-likeness (QED) is 0.649. The second-order valence-electron chi connectivity index (χ2n) is 3.66. The minimum atomic E-state index is 0.749. The summed E-state index contributed by atoms with van der Waals surface area (Å²) >= 11 is 5.91. The smallest absolute Gasteiger partial charge is 0.0483 e. The lowest BCUT2D eigenvalue weighted by atomic mass is 10.2. The van der Waals surface area contributed by atoms with Crippen LogP contribution in [0.3, 0.4) is 0 Å². The van der Waals surface area contributed by atoms with Crippen molar-refractivity contribution in [3.63, 3.8) is 0 Å². The Morgan fingerprint density at radius 2 is 2.08 bits per heavy atom. The summed E-state index contributed by atoms with van der Waals surface area (Å²) in [5.74, 6) is 0. The van der Waals surface area contributed by atoms with Crippen LogP contribution in [0.25, 0.3) is 10.9 Å². The van der Waals surface area contributed by atoms with E-state index < -0.39 is 0 Å². The topological polar surface area (TPSA) is 4.93 Å². The van der Waals surface area contributed by atoms with Crippen molar-refractivity contribution >= 4 is 22.5 Å². The fourth-order valence-corrected chi connectivity index (χ4v) is 1.99. The molecule has 1 saturated carbocycles. The third kappa shape index (κ3) is 1.15. The van der Waals surface area contributed by atoms with Crippen LogP contribution in [0.1, 0.15) is 18.9 Å². The lowest BCUT2D eigenvalue weighted by Crippen LogP contribution is -1.89. The van der Waals surface area contributed by atoms with Gasteiger partial charge in [0, 0.05) is 28.2 Å². The third-order valence-electron chi connectivity index (χ3n) is 2.62. The van der Waals surface area contributed by atoms with Crippen molar-refractivity contribution < 1.29 is 0 Å².